The van der Waals surface area contributed by atoms with Crippen molar-refractivity contribution in [3.8, 4) is 0 Å². The van der Waals surface area contributed by atoms with Gasteiger partial charge in [-0.05, 0) is 55.6 Å². The molecule has 2 aliphatic heterocycles. The Hall–Kier alpha value is -2.64. The predicted octanol–water partition coefficient (Wildman–Crippen LogP) is 3.05. The summed E-state index contributed by atoms with van der Waals surface area (Å²) >= 11 is 0. The number of hydrogen-bond acceptors (Lipinski definition) is 5. The van der Waals surface area contributed by atoms with E-state index >= 15 is 0 Å². The molecule has 0 atom stereocenters. The van der Waals surface area contributed by atoms with Crippen molar-refractivity contribution in [2.24, 2.45) is 0 Å². The highest BCUT2D eigenvalue weighted by Crippen LogP contribution is 2.26. The lowest BCUT2D eigenvalue weighted by Crippen LogP contribution is -2.47. The van der Waals surface area contributed by atoms with Crippen LogP contribution in [-0.4, -0.2) is 79.2 Å². The molecule has 1 aromatic carbocycles. The van der Waals surface area contributed by atoms with Crippen molar-refractivity contribution in [2.45, 2.75) is 32.2 Å². The molecule has 7 heteroatoms. The van der Waals surface area contributed by atoms with E-state index in [1.807, 2.05) is 30.6 Å². The van der Waals surface area contributed by atoms with Crippen LogP contribution in [0.1, 0.15) is 25.3 Å². The lowest BCUT2D eigenvalue weighted by atomic mass is 10.0. The van der Waals surface area contributed by atoms with E-state index in [4.69, 9.17) is 0 Å². The number of nitrogens with zero attached hydrogens (tertiary/aromatic N) is 4. The van der Waals surface area contributed by atoms with Crippen molar-refractivity contribution in [1.82, 2.24) is 20.1 Å². The first-order valence-corrected chi connectivity index (χ1v) is 12.0. The zero-order chi connectivity index (χ0) is 22.2. The Morgan fingerprint density at radius 1 is 0.969 bits per heavy atom. The molecule has 2 N–H and O–H groups in total. The van der Waals surface area contributed by atoms with Gasteiger partial charge in [0, 0.05) is 64.2 Å². The van der Waals surface area contributed by atoms with Gasteiger partial charge in [0.1, 0.15) is 0 Å². The van der Waals surface area contributed by atoms with Gasteiger partial charge in [-0.2, -0.15) is 0 Å². The van der Waals surface area contributed by atoms with E-state index in [0.717, 1.165) is 83.0 Å². The number of benzene rings is 1. The van der Waals surface area contributed by atoms with Gasteiger partial charge in [-0.1, -0.05) is 19.1 Å². The van der Waals surface area contributed by atoms with E-state index in [9.17, 15) is 4.79 Å². The Kier molecular flexibility index (Phi) is 7.96. The Bertz CT molecular complexity index is 845. The topological polar surface area (TPSA) is 63.7 Å². The number of carbonyl (C=O) groups excluding carboxylic acids is 1. The van der Waals surface area contributed by atoms with E-state index in [-0.39, 0.29) is 12.1 Å². The highest BCUT2D eigenvalue weighted by atomic mass is 16.2. The lowest BCUT2D eigenvalue weighted by molar-refractivity contribution is 0.197. The largest absolute Gasteiger partial charge is 0.367 e. The molecule has 0 aliphatic carbocycles. The fourth-order valence-corrected chi connectivity index (χ4v) is 4.64. The van der Waals surface area contributed by atoms with Crippen molar-refractivity contribution < 1.29 is 4.79 Å². The number of carbonyl (C=O) groups is 1. The third-order valence-corrected chi connectivity index (χ3v) is 6.70. The summed E-state index contributed by atoms with van der Waals surface area (Å²) in [6, 6.07) is 12.4. The number of amides is 2. The maximum Gasteiger partial charge on any atom is 0.319 e. The van der Waals surface area contributed by atoms with Gasteiger partial charge in [0.05, 0.1) is 11.4 Å². The Morgan fingerprint density at radius 2 is 1.69 bits per heavy atom. The van der Waals surface area contributed by atoms with Gasteiger partial charge < -0.3 is 25.3 Å². The second-order valence-corrected chi connectivity index (χ2v) is 8.76. The van der Waals surface area contributed by atoms with Crippen LogP contribution in [-0.2, 0) is 6.42 Å². The van der Waals surface area contributed by atoms with Crippen LogP contribution in [0.2, 0.25) is 0 Å². The first kappa shape index (κ1) is 22.6. The summed E-state index contributed by atoms with van der Waals surface area (Å²) in [5, 5.41) is 6.31. The number of anilines is 2. The van der Waals surface area contributed by atoms with Crippen LogP contribution in [0.3, 0.4) is 0 Å². The fraction of sp³-hybridized carbons (Fsp3) is 0.520. The van der Waals surface area contributed by atoms with E-state index in [0.29, 0.717) is 0 Å². The number of hydrogen-bond donors (Lipinski definition) is 2. The van der Waals surface area contributed by atoms with Crippen LogP contribution in [0, 0.1) is 0 Å². The van der Waals surface area contributed by atoms with Gasteiger partial charge in [-0.15, -0.1) is 0 Å². The maximum absolute atomic E-state index is 12.7. The molecule has 0 bridgehead atoms. The zero-order valence-electron chi connectivity index (χ0n) is 19.2. The standard InChI is InChI=1S/C25H36N6O/c1-2-29-17-19-31(20-18-29)24-6-4-3-5-23(24)28-25(32)27-22-10-15-30(16-11-22)14-9-21-7-12-26-13-8-21/h3-8,12-13,22H,2,9-11,14-20H2,1H3,(H2,27,28,32). The van der Waals surface area contributed by atoms with Gasteiger partial charge in [0.15, 0.2) is 0 Å². The van der Waals surface area contributed by atoms with E-state index in [2.05, 4.69) is 55.4 Å². The summed E-state index contributed by atoms with van der Waals surface area (Å²) in [4.78, 5) is 24.1. The van der Waals surface area contributed by atoms with Crippen molar-refractivity contribution in [1.29, 1.82) is 0 Å². The van der Waals surface area contributed by atoms with Crippen LogP contribution in [0.25, 0.3) is 0 Å². The molecule has 2 amide bonds. The summed E-state index contributed by atoms with van der Waals surface area (Å²) < 4.78 is 0. The van der Waals surface area contributed by atoms with E-state index in [1.165, 1.54) is 5.56 Å². The predicted molar refractivity (Wildman–Crippen MR) is 130 cm³/mol. The second-order valence-electron chi connectivity index (χ2n) is 8.76. The zero-order valence-corrected chi connectivity index (χ0v) is 19.2. The van der Waals surface area contributed by atoms with E-state index < -0.39 is 0 Å². The molecule has 0 spiro atoms. The summed E-state index contributed by atoms with van der Waals surface area (Å²) in [5.74, 6) is 0. The SMILES string of the molecule is CCN1CCN(c2ccccc2NC(=O)NC2CCN(CCc3ccncc3)CC2)CC1. The number of para-hydroxylation sites is 2. The van der Waals surface area contributed by atoms with Gasteiger partial charge >= 0.3 is 6.03 Å². The minimum atomic E-state index is -0.0973. The average molecular weight is 437 g/mol. The normalized spacial score (nSPS) is 18.5. The van der Waals surface area contributed by atoms with Gasteiger partial charge in [0.2, 0.25) is 0 Å². The number of rotatable bonds is 7. The molecule has 2 saturated heterocycles. The first-order valence-electron chi connectivity index (χ1n) is 12.0. The highest BCUT2D eigenvalue weighted by molar-refractivity contribution is 5.93. The van der Waals surface area contributed by atoms with Crippen molar-refractivity contribution in [2.75, 3.05) is 62.6 Å². The molecule has 2 aliphatic rings. The third-order valence-electron chi connectivity index (χ3n) is 6.70. The molecule has 32 heavy (non-hydrogen) atoms. The molecule has 2 aromatic rings. The third kappa shape index (κ3) is 6.20. The number of likely N-dealkylation sites (tertiary alicyclic amines) is 1. The van der Waals surface area contributed by atoms with Crippen LogP contribution >= 0.6 is 0 Å². The van der Waals surface area contributed by atoms with Gasteiger partial charge in [0.25, 0.3) is 0 Å². The maximum atomic E-state index is 12.7. The minimum absolute atomic E-state index is 0.0973. The highest BCUT2D eigenvalue weighted by Gasteiger charge is 2.22. The molecule has 3 heterocycles. The number of piperidine rings is 1. The van der Waals surface area contributed by atoms with Crippen LogP contribution in [0.15, 0.2) is 48.8 Å². The second kappa shape index (κ2) is 11.3. The van der Waals surface area contributed by atoms with Crippen LogP contribution in [0.5, 0.6) is 0 Å². The Balaban J connectivity index is 1.23. The molecule has 172 valence electrons. The Morgan fingerprint density at radius 3 is 2.41 bits per heavy atom. The molecular weight excluding hydrogens is 400 g/mol. The van der Waals surface area contributed by atoms with Crippen molar-refractivity contribution in [3.63, 3.8) is 0 Å². The molecular formula is C25H36N6O. The summed E-state index contributed by atoms with van der Waals surface area (Å²) in [6.07, 6.45) is 6.74. The number of aromatic nitrogens is 1. The number of likely N-dealkylation sites (N-methyl/N-ethyl adjacent to an activating group) is 1. The number of urea groups is 1. The molecule has 4 rings (SSSR count). The first-order chi connectivity index (χ1) is 15.7. The number of nitrogens with one attached hydrogen (secondary N) is 2. The monoisotopic (exact) mass is 436 g/mol. The van der Waals surface area contributed by atoms with Crippen LogP contribution in [0.4, 0.5) is 16.2 Å². The van der Waals surface area contributed by atoms with E-state index in [1.54, 1.807) is 0 Å². The molecule has 0 saturated carbocycles. The molecule has 1 aromatic heterocycles. The van der Waals surface area contributed by atoms with Crippen molar-refractivity contribution >= 4 is 17.4 Å². The summed E-state index contributed by atoms with van der Waals surface area (Å²) in [5.41, 5.74) is 3.34. The minimum Gasteiger partial charge on any atom is -0.367 e. The van der Waals surface area contributed by atoms with Gasteiger partial charge in [-0.3, -0.25) is 4.98 Å². The smallest absolute Gasteiger partial charge is 0.319 e. The number of piperazine rings is 1. The molecule has 0 radical (unpaired) electrons. The average Bonchev–Trinajstić information content (AvgIpc) is 2.85. The molecule has 0 unspecified atom stereocenters. The molecule has 7 nitrogen and oxygen atoms in total. The summed E-state index contributed by atoms with van der Waals surface area (Å²) in [6.45, 7) is 10.5. The summed E-state index contributed by atoms with van der Waals surface area (Å²) in [7, 11) is 0. The fourth-order valence-electron chi connectivity index (χ4n) is 4.64. The Labute approximate surface area is 191 Å². The lowest BCUT2D eigenvalue weighted by Gasteiger charge is -2.36. The van der Waals surface area contributed by atoms with Gasteiger partial charge in [-0.25, -0.2) is 4.79 Å². The number of pyridine rings is 1. The molecule has 2 fully saturated rings. The van der Waals surface area contributed by atoms with Crippen molar-refractivity contribution in [3.05, 3.63) is 54.4 Å². The van der Waals surface area contributed by atoms with Crippen LogP contribution < -0.4 is 15.5 Å². The quantitative estimate of drug-likeness (QED) is 0.699.